The number of anilines is 1. The number of carbonyl (C=O) groups excluding carboxylic acids is 1. The Morgan fingerprint density at radius 2 is 2.11 bits per heavy atom. The molecule has 3 aromatic rings. The maximum Gasteiger partial charge on any atom is 0.265 e. The number of aromatic nitrogens is 1. The fourth-order valence-electron chi connectivity index (χ4n) is 1.75. The summed E-state index contributed by atoms with van der Waals surface area (Å²) in [6.45, 7) is 0. The zero-order valence-corrected chi connectivity index (χ0v) is 10.3. The smallest absolute Gasteiger partial charge is 0.265 e. The Labute approximate surface area is 108 Å². The van der Waals surface area contributed by atoms with Gasteiger partial charge in [-0.2, -0.15) is 0 Å². The Hall–Kier alpha value is -2.20. The number of amides is 1. The van der Waals surface area contributed by atoms with Gasteiger partial charge in [0.05, 0.1) is 10.4 Å². The molecule has 18 heavy (non-hydrogen) atoms. The van der Waals surface area contributed by atoms with E-state index in [2.05, 4.69) is 10.3 Å². The van der Waals surface area contributed by atoms with Crippen LogP contribution in [0.5, 0.6) is 0 Å². The number of hydrogen-bond donors (Lipinski definition) is 1. The van der Waals surface area contributed by atoms with E-state index in [9.17, 15) is 4.79 Å². The van der Waals surface area contributed by atoms with Gasteiger partial charge in [0.2, 0.25) is 0 Å². The van der Waals surface area contributed by atoms with Crippen LogP contribution >= 0.6 is 11.3 Å². The summed E-state index contributed by atoms with van der Waals surface area (Å²) in [4.78, 5) is 16.8. The Bertz CT molecular complexity index is 692. The molecular weight excluding hydrogens is 244 g/mol. The second-order valence-electron chi connectivity index (χ2n) is 3.84. The van der Waals surface area contributed by atoms with E-state index in [1.807, 2.05) is 47.8 Å². The summed E-state index contributed by atoms with van der Waals surface area (Å²) in [6, 6.07) is 13.2. The zero-order valence-electron chi connectivity index (χ0n) is 9.46. The van der Waals surface area contributed by atoms with E-state index in [0.29, 0.717) is 4.88 Å². The lowest BCUT2D eigenvalue weighted by Crippen LogP contribution is -2.09. The molecule has 0 spiro atoms. The van der Waals surface area contributed by atoms with Gasteiger partial charge in [0.15, 0.2) is 0 Å². The summed E-state index contributed by atoms with van der Waals surface area (Å²) in [5.41, 5.74) is 1.71. The number of pyridine rings is 1. The van der Waals surface area contributed by atoms with Crippen LogP contribution < -0.4 is 5.32 Å². The SMILES string of the molecule is O=C(Nc1ccc2ncccc2c1)c1cccs1. The van der Waals surface area contributed by atoms with Crippen LogP contribution in [-0.4, -0.2) is 10.9 Å². The highest BCUT2D eigenvalue weighted by Gasteiger charge is 2.06. The first-order valence-corrected chi connectivity index (χ1v) is 6.40. The van der Waals surface area contributed by atoms with E-state index in [4.69, 9.17) is 0 Å². The third-order valence-electron chi connectivity index (χ3n) is 2.61. The average molecular weight is 254 g/mol. The van der Waals surface area contributed by atoms with Crippen LogP contribution in [0, 0.1) is 0 Å². The monoisotopic (exact) mass is 254 g/mol. The number of nitrogens with one attached hydrogen (secondary N) is 1. The predicted molar refractivity (Wildman–Crippen MR) is 74.0 cm³/mol. The van der Waals surface area contributed by atoms with Crippen molar-refractivity contribution in [2.45, 2.75) is 0 Å². The lowest BCUT2D eigenvalue weighted by molar-refractivity contribution is 0.103. The Kier molecular flexibility index (Phi) is 2.78. The van der Waals surface area contributed by atoms with Crippen molar-refractivity contribution in [1.82, 2.24) is 4.98 Å². The summed E-state index contributed by atoms with van der Waals surface area (Å²) in [6.07, 6.45) is 1.76. The minimum atomic E-state index is -0.0757. The fraction of sp³-hybridized carbons (Fsp3) is 0. The molecule has 1 amide bonds. The van der Waals surface area contributed by atoms with Gasteiger partial charge in [0.25, 0.3) is 5.91 Å². The first-order valence-electron chi connectivity index (χ1n) is 5.52. The highest BCUT2D eigenvalue weighted by molar-refractivity contribution is 7.12. The quantitative estimate of drug-likeness (QED) is 0.760. The van der Waals surface area contributed by atoms with E-state index < -0.39 is 0 Å². The minimum absolute atomic E-state index is 0.0757. The van der Waals surface area contributed by atoms with Gasteiger partial charge in [0, 0.05) is 17.3 Å². The van der Waals surface area contributed by atoms with Gasteiger partial charge in [-0.1, -0.05) is 12.1 Å². The highest BCUT2D eigenvalue weighted by Crippen LogP contribution is 2.18. The van der Waals surface area contributed by atoms with Gasteiger partial charge < -0.3 is 5.32 Å². The maximum absolute atomic E-state index is 11.9. The number of fused-ring (bicyclic) bond motifs is 1. The molecule has 1 N–H and O–H groups in total. The maximum atomic E-state index is 11.9. The molecule has 0 fully saturated rings. The first kappa shape index (κ1) is 10.9. The standard InChI is InChI=1S/C14H10N2OS/c17-14(13-4-2-8-18-13)16-11-5-6-12-10(9-11)3-1-7-15-12/h1-9H,(H,16,17). The molecule has 0 aliphatic carbocycles. The number of rotatable bonds is 2. The molecule has 0 atom stereocenters. The number of nitrogens with zero attached hydrogens (tertiary/aromatic N) is 1. The van der Waals surface area contributed by atoms with Crippen molar-refractivity contribution in [1.29, 1.82) is 0 Å². The van der Waals surface area contributed by atoms with Crippen molar-refractivity contribution in [3.8, 4) is 0 Å². The van der Waals surface area contributed by atoms with Crippen LogP contribution in [0.15, 0.2) is 54.0 Å². The highest BCUT2D eigenvalue weighted by atomic mass is 32.1. The summed E-state index contributed by atoms with van der Waals surface area (Å²) < 4.78 is 0. The largest absolute Gasteiger partial charge is 0.321 e. The van der Waals surface area contributed by atoms with Crippen molar-refractivity contribution in [2.75, 3.05) is 5.32 Å². The van der Waals surface area contributed by atoms with Crippen LogP contribution in [-0.2, 0) is 0 Å². The molecule has 4 heteroatoms. The van der Waals surface area contributed by atoms with Crippen LogP contribution in [0.2, 0.25) is 0 Å². The molecule has 0 saturated carbocycles. The molecule has 0 aliphatic heterocycles. The Morgan fingerprint density at radius 1 is 1.17 bits per heavy atom. The van der Waals surface area contributed by atoms with E-state index in [1.165, 1.54) is 11.3 Å². The van der Waals surface area contributed by atoms with Crippen LogP contribution in [0.25, 0.3) is 10.9 Å². The Balaban J connectivity index is 1.89. The number of thiophene rings is 1. The normalized spacial score (nSPS) is 10.4. The zero-order chi connectivity index (χ0) is 12.4. The van der Waals surface area contributed by atoms with Crippen molar-refractivity contribution >= 4 is 33.8 Å². The van der Waals surface area contributed by atoms with Gasteiger partial charge in [0.1, 0.15) is 0 Å². The van der Waals surface area contributed by atoms with Crippen LogP contribution in [0.1, 0.15) is 9.67 Å². The molecule has 0 saturated heterocycles. The topological polar surface area (TPSA) is 42.0 Å². The molecular formula is C14H10N2OS. The molecule has 88 valence electrons. The van der Waals surface area contributed by atoms with Gasteiger partial charge in [-0.25, -0.2) is 0 Å². The van der Waals surface area contributed by atoms with Gasteiger partial charge in [-0.05, 0) is 35.7 Å². The molecule has 1 aromatic carbocycles. The predicted octanol–water partition coefficient (Wildman–Crippen LogP) is 3.55. The molecule has 0 bridgehead atoms. The molecule has 2 aromatic heterocycles. The van der Waals surface area contributed by atoms with Crippen molar-refractivity contribution in [2.24, 2.45) is 0 Å². The lowest BCUT2D eigenvalue weighted by atomic mass is 10.2. The third kappa shape index (κ3) is 2.10. The van der Waals surface area contributed by atoms with Gasteiger partial charge in [-0.15, -0.1) is 11.3 Å². The second kappa shape index (κ2) is 4.58. The molecule has 0 radical (unpaired) electrons. The third-order valence-corrected chi connectivity index (χ3v) is 3.47. The fourth-order valence-corrected chi connectivity index (χ4v) is 2.37. The molecule has 0 unspecified atom stereocenters. The van der Waals surface area contributed by atoms with Gasteiger partial charge in [-0.3, -0.25) is 9.78 Å². The van der Waals surface area contributed by atoms with E-state index in [-0.39, 0.29) is 5.91 Å². The van der Waals surface area contributed by atoms with Crippen LogP contribution in [0.4, 0.5) is 5.69 Å². The summed E-state index contributed by atoms with van der Waals surface area (Å²) in [5.74, 6) is -0.0757. The second-order valence-corrected chi connectivity index (χ2v) is 4.79. The molecule has 2 heterocycles. The van der Waals surface area contributed by atoms with Crippen LogP contribution in [0.3, 0.4) is 0 Å². The van der Waals surface area contributed by atoms with E-state index in [0.717, 1.165) is 16.6 Å². The molecule has 3 rings (SSSR count). The summed E-state index contributed by atoms with van der Waals surface area (Å²) >= 11 is 1.43. The lowest BCUT2D eigenvalue weighted by Gasteiger charge is -2.04. The summed E-state index contributed by atoms with van der Waals surface area (Å²) in [7, 11) is 0. The minimum Gasteiger partial charge on any atom is -0.321 e. The Morgan fingerprint density at radius 3 is 2.94 bits per heavy atom. The van der Waals surface area contributed by atoms with E-state index in [1.54, 1.807) is 6.20 Å². The molecule has 0 aliphatic rings. The molecule has 3 nitrogen and oxygen atoms in total. The summed E-state index contributed by atoms with van der Waals surface area (Å²) in [5, 5.41) is 5.78. The van der Waals surface area contributed by atoms with Crippen molar-refractivity contribution < 1.29 is 4.79 Å². The van der Waals surface area contributed by atoms with Crippen molar-refractivity contribution in [3.05, 3.63) is 58.9 Å². The number of hydrogen-bond acceptors (Lipinski definition) is 3. The number of carbonyl (C=O) groups is 1. The van der Waals surface area contributed by atoms with E-state index >= 15 is 0 Å². The number of benzene rings is 1. The average Bonchev–Trinajstić information content (AvgIpc) is 2.92. The van der Waals surface area contributed by atoms with Gasteiger partial charge >= 0.3 is 0 Å². The first-order chi connectivity index (χ1) is 8.83. The van der Waals surface area contributed by atoms with Crippen molar-refractivity contribution in [3.63, 3.8) is 0 Å².